The second kappa shape index (κ2) is 6.93. The van der Waals surface area contributed by atoms with Crippen LogP contribution in [-0.4, -0.2) is 27.7 Å². The van der Waals surface area contributed by atoms with Gasteiger partial charge in [0.25, 0.3) is 0 Å². The molecule has 0 unspecified atom stereocenters. The van der Waals surface area contributed by atoms with E-state index in [1.807, 2.05) is 0 Å². The maximum Gasteiger partial charge on any atom is 0.211 e. The summed E-state index contributed by atoms with van der Waals surface area (Å²) in [5.74, 6) is -0.912. The largest absolute Gasteiger partial charge is 0.506 e. The van der Waals surface area contributed by atoms with Gasteiger partial charge in [-0.1, -0.05) is 42.0 Å². The number of ketones is 1. The zero-order chi connectivity index (χ0) is 21.7. The highest BCUT2D eigenvalue weighted by Gasteiger charge is 2.38. The molecule has 152 valence electrons. The van der Waals surface area contributed by atoms with Crippen LogP contribution in [-0.2, 0) is 19.7 Å². The molecular formula is C22H16O6S2. The van der Waals surface area contributed by atoms with Crippen molar-refractivity contribution >= 4 is 31.2 Å². The number of aliphatic hydroxyl groups excluding tert-OH is 1. The van der Waals surface area contributed by atoms with E-state index >= 15 is 0 Å². The first kappa shape index (κ1) is 20.1. The molecule has 0 atom stereocenters. The van der Waals surface area contributed by atoms with E-state index in [0.717, 1.165) is 0 Å². The summed E-state index contributed by atoms with van der Waals surface area (Å²) < 4.78 is 50.4. The van der Waals surface area contributed by atoms with Gasteiger partial charge in [0.2, 0.25) is 25.5 Å². The van der Waals surface area contributed by atoms with Gasteiger partial charge in [-0.2, -0.15) is 0 Å². The fourth-order valence-electron chi connectivity index (χ4n) is 3.34. The molecule has 6 nitrogen and oxygen atoms in total. The fraction of sp³-hybridized carbons (Fsp3) is 0.0455. The summed E-state index contributed by atoms with van der Waals surface area (Å²) >= 11 is 0. The number of hydrogen-bond donors (Lipinski definition) is 1. The van der Waals surface area contributed by atoms with Gasteiger partial charge in [-0.3, -0.25) is 4.79 Å². The summed E-state index contributed by atoms with van der Waals surface area (Å²) in [6, 6.07) is 12.1. The van der Waals surface area contributed by atoms with Crippen molar-refractivity contribution in [3.63, 3.8) is 0 Å². The molecule has 0 aromatic heterocycles. The maximum atomic E-state index is 12.6. The normalized spacial score (nSPS) is 20.8. The van der Waals surface area contributed by atoms with Crippen molar-refractivity contribution in [2.75, 3.05) is 0 Å². The number of Topliss-reactive ketones (excluding diaryl/α,β-unsaturated/α-hetero) is 1. The van der Waals surface area contributed by atoms with E-state index in [1.54, 1.807) is 31.2 Å². The van der Waals surface area contributed by atoms with Crippen LogP contribution in [0, 0.1) is 0 Å². The summed E-state index contributed by atoms with van der Waals surface area (Å²) in [4.78, 5) is 11.9. The Hall–Kier alpha value is -3.23. The lowest BCUT2D eigenvalue weighted by Crippen LogP contribution is -2.01. The van der Waals surface area contributed by atoms with Gasteiger partial charge in [0.05, 0.1) is 9.79 Å². The fourth-order valence-corrected chi connectivity index (χ4v) is 6.45. The average molecular weight is 440 g/mol. The van der Waals surface area contributed by atoms with E-state index in [1.165, 1.54) is 48.6 Å². The number of hydrogen-bond acceptors (Lipinski definition) is 6. The van der Waals surface area contributed by atoms with Gasteiger partial charge in [0.15, 0.2) is 0 Å². The van der Waals surface area contributed by atoms with Crippen LogP contribution < -0.4 is 0 Å². The van der Waals surface area contributed by atoms with Crippen LogP contribution in [0.1, 0.15) is 22.8 Å². The first-order valence-electron chi connectivity index (χ1n) is 8.89. The van der Waals surface area contributed by atoms with Crippen molar-refractivity contribution in [1.82, 2.24) is 0 Å². The second-order valence-corrected chi connectivity index (χ2v) is 10.6. The van der Waals surface area contributed by atoms with E-state index in [9.17, 15) is 26.7 Å². The van der Waals surface area contributed by atoms with E-state index in [2.05, 4.69) is 0 Å². The van der Waals surface area contributed by atoms with Crippen LogP contribution >= 0.6 is 0 Å². The van der Waals surface area contributed by atoms with Crippen molar-refractivity contribution in [1.29, 1.82) is 0 Å². The number of carbonyl (C=O) groups is 1. The monoisotopic (exact) mass is 440 g/mol. The quantitative estimate of drug-likeness (QED) is 0.576. The molecule has 2 aromatic carbocycles. The topological polar surface area (TPSA) is 106 Å². The number of allylic oxidation sites excluding steroid dienone is 6. The minimum atomic E-state index is -3.89. The van der Waals surface area contributed by atoms with Crippen molar-refractivity contribution < 1.29 is 26.7 Å². The SMILES string of the molecule is CC(C=CC1=C(O)c2ccccc2S1(=O)=O)=CC=C1C(=O)c2ccccc2S1(=O)=O. The van der Waals surface area contributed by atoms with Gasteiger partial charge in [-0.15, -0.1) is 0 Å². The standard InChI is InChI=1S/C22H16O6S2/c1-14(10-12-19-21(23)15-6-2-4-8-17(15)29(19,25)26)11-13-20-22(24)16-7-3-5-9-18(16)30(20,27)28/h2-13,23H,1H3. The summed E-state index contributed by atoms with van der Waals surface area (Å²) in [6.07, 6.45) is 5.32. The molecule has 2 heterocycles. The number of rotatable bonds is 3. The first-order chi connectivity index (χ1) is 14.2. The molecule has 0 spiro atoms. The van der Waals surface area contributed by atoms with Gasteiger partial charge >= 0.3 is 0 Å². The van der Waals surface area contributed by atoms with Crippen LogP contribution in [0.5, 0.6) is 0 Å². The molecule has 2 aromatic rings. The van der Waals surface area contributed by atoms with Crippen molar-refractivity contribution in [3.05, 3.63) is 99.3 Å². The highest BCUT2D eigenvalue weighted by molar-refractivity contribution is 7.97. The molecular weight excluding hydrogens is 424 g/mol. The van der Waals surface area contributed by atoms with Gasteiger partial charge in [0.1, 0.15) is 15.6 Å². The third-order valence-corrected chi connectivity index (χ3v) is 8.56. The summed E-state index contributed by atoms with van der Waals surface area (Å²) in [7, 11) is -7.72. The Morgan fingerprint density at radius 2 is 1.43 bits per heavy atom. The van der Waals surface area contributed by atoms with Crippen molar-refractivity contribution in [3.8, 4) is 0 Å². The van der Waals surface area contributed by atoms with E-state index in [4.69, 9.17) is 0 Å². The molecule has 8 heteroatoms. The molecule has 0 bridgehead atoms. The summed E-state index contributed by atoms with van der Waals surface area (Å²) in [5, 5.41) is 10.3. The van der Waals surface area contributed by atoms with Crippen molar-refractivity contribution in [2.24, 2.45) is 0 Å². The molecule has 0 saturated carbocycles. The third-order valence-electron chi connectivity index (χ3n) is 4.88. The Morgan fingerprint density at radius 1 is 0.867 bits per heavy atom. The summed E-state index contributed by atoms with van der Waals surface area (Å²) in [6.45, 7) is 1.62. The molecule has 4 rings (SSSR count). The van der Waals surface area contributed by atoms with Gasteiger partial charge in [0, 0.05) is 11.1 Å². The zero-order valence-electron chi connectivity index (χ0n) is 15.7. The summed E-state index contributed by atoms with van der Waals surface area (Å²) in [5.41, 5.74) is 0.865. The van der Waals surface area contributed by atoms with Crippen LogP contribution in [0.3, 0.4) is 0 Å². The number of aliphatic hydroxyl groups is 1. The molecule has 1 N–H and O–H groups in total. The molecule has 0 aliphatic carbocycles. The Bertz CT molecular complexity index is 1440. The minimum absolute atomic E-state index is 0.0206. The van der Waals surface area contributed by atoms with Crippen LogP contribution in [0.15, 0.2) is 98.0 Å². The zero-order valence-corrected chi connectivity index (χ0v) is 17.4. The third kappa shape index (κ3) is 2.96. The lowest BCUT2D eigenvalue weighted by molar-refractivity contribution is 0.104. The van der Waals surface area contributed by atoms with Crippen LogP contribution in [0.25, 0.3) is 5.76 Å². The van der Waals surface area contributed by atoms with E-state index in [0.29, 0.717) is 5.57 Å². The molecule has 0 fully saturated rings. The van der Waals surface area contributed by atoms with Gasteiger partial charge < -0.3 is 5.11 Å². The Balaban J connectivity index is 1.66. The van der Waals surface area contributed by atoms with E-state index < -0.39 is 25.5 Å². The van der Waals surface area contributed by atoms with Gasteiger partial charge in [-0.05, 0) is 43.3 Å². The highest BCUT2D eigenvalue weighted by atomic mass is 32.2. The Morgan fingerprint density at radius 3 is 2.03 bits per heavy atom. The predicted octanol–water partition coefficient (Wildman–Crippen LogP) is 3.76. The Kier molecular flexibility index (Phi) is 4.63. The van der Waals surface area contributed by atoms with Gasteiger partial charge in [-0.25, -0.2) is 16.8 Å². The average Bonchev–Trinajstić information content (AvgIpc) is 3.04. The smallest absolute Gasteiger partial charge is 0.211 e. The van der Waals surface area contributed by atoms with Crippen LogP contribution in [0.2, 0.25) is 0 Å². The molecule has 30 heavy (non-hydrogen) atoms. The number of sulfone groups is 2. The molecule has 2 aliphatic rings. The highest BCUT2D eigenvalue weighted by Crippen LogP contribution is 2.38. The molecule has 0 radical (unpaired) electrons. The minimum Gasteiger partial charge on any atom is -0.506 e. The molecule has 0 amide bonds. The first-order valence-corrected chi connectivity index (χ1v) is 11.9. The predicted molar refractivity (Wildman–Crippen MR) is 112 cm³/mol. The number of carbonyl (C=O) groups excluding carboxylic acids is 1. The number of fused-ring (bicyclic) bond motifs is 2. The Labute approximate surface area is 174 Å². The lowest BCUT2D eigenvalue weighted by Gasteiger charge is -1.98. The lowest BCUT2D eigenvalue weighted by atomic mass is 10.1. The second-order valence-electron chi connectivity index (χ2n) is 6.82. The van der Waals surface area contributed by atoms with Crippen molar-refractivity contribution in [2.45, 2.75) is 16.7 Å². The maximum absolute atomic E-state index is 12.6. The van der Waals surface area contributed by atoms with E-state index in [-0.39, 0.29) is 36.5 Å². The molecule has 2 aliphatic heterocycles. The number of benzene rings is 2. The van der Waals surface area contributed by atoms with Crippen LogP contribution in [0.4, 0.5) is 0 Å². The molecule has 0 saturated heterocycles.